The fraction of sp³-hybridized carbons (Fsp3) is 0.368. The number of alkyl halides is 3. The van der Waals surface area contributed by atoms with Crippen LogP contribution in [0.4, 0.5) is 18.9 Å². The Balaban J connectivity index is 1.65. The van der Waals surface area contributed by atoms with E-state index in [-0.39, 0.29) is 25.3 Å². The van der Waals surface area contributed by atoms with Crippen molar-refractivity contribution in [3.05, 3.63) is 53.4 Å². The number of pyridine rings is 1. The first kappa shape index (κ1) is 19.6. The summed E-state index contributed by atoms with van der Waals surface area (Å²) in [5, 5.41) is 8.43. The Hall–Kier alpha value is -2.68. The van der Waals surface area contributed by atoms with Crippen molar-refractivity contribution in [3.8, 4) is 0 Å². The number of hydrogen-bond donors (Lipinski definition) is 3. The molecule has 0 saturated carbocycles. The van der Waals surface area contributed by atoms with Gasteiger partial charge < -0.3 is 15.2 Å². The van der Waals surface area contributed by atoms with Gasteiger partial charge in [0, 0.05) is 24.6 Å². The van der Waals surface area contributed by atoms with E-state index in [2.05, 4.69) is 25.6 Å². The minimum atomic E-state index is -4.22. The molecule has 4 rings (SSSR count). The second-order valence-electron chi connectivity index (χ2n) is 7.07. The molecule has 1 saturated heterocycles. The first-order valence-electron chi connectivity index (χ1n) is 9.12. The molecule has 2 aromatic rings. The van der Waals surface area contributed by atoms with E-state index < -0.39 is 18.1 Å². The lowest BCUT2D eigenvalue weighted by molar-refractivity contribution is -0.183. The molecule has 0 unspecified atom stereocenters. The molecule has 2 aliphatic rings. The topological polar surface area (TPSA) is 73.1 Å². The Morgan fingerprint density at radius 2 is 2.17 bits per heavy atom. The van der Waals surface area contributed by atoms with Crippen LogP contribution in [-0.4, -0.2) is 33.6 Å². The summed E-state index contributed by atoms with van der Waals surface area (Å²) in [6.45, 7) is 0.590. The molecule has 0 radical (unpaired) electrons. The third-order valence-electron chi connectivity index (χ3n) is 5.36. The number of anilines is 1. The second-order valence-corrected chi connectivity index (χ2v) is 7.28. The highest BCUT2D eigenvalue weighted by molar-refractivity contribution is 7.78. The Morgan fingerprint density at radius 3 is 2.93 bits per heavy atom. The highest BCUT2D eigenvalue weighted by atomic mass is 32.1. The van der Waals surface area contributed by atoms with E-state index in [0.29, 0.717) is 29.3 Å². The molecule has 6 nitrogen and oxygen atoms in total. The number of piperidine rings is 1. The number of hydrogen-bond acceptors (Lipinski definition) is 5. The molecule has 0 spiro atoms. The molecule has 10 heteroatoms. The third kappa shape index (κ3) is 3.78. The SMILES string of the molecule is O=C1NC(=C=S)N(Cc2ccncc2[C@H]2C[C@@H](C(F)(F)F)CCN2)c2cc[nH]c21. The molecule has 2 aromatic heterocycles. The normalized spacial score (nSPS) is 22.1. The van der Waals surface area contributed by atoms with Crippen molar-refractivity contribution in [2.45, 2.75) is 31.6 Å². The smallest absolute Gasteiger partial charge is 0.355 e. The summed E-state index contributed by atoms with van der Waals surface area (Å²) in [6, 6.07) is 3.07. The van der Waals surface area contributed by atoms with Crippen molar-refractivity contribution >= 4 is 28.8 Å². The van der Waals surface area contributed by atoms with Crippen molar-refractivity contribution in [2.24, 2.45) is 5.92 Å². The number of aromatic nitrogens is 2. The molecule has 29 heavy (non-hydrogen) atoms. The van der Waals surface area contributed by atoms with Gasteiger partial charge in [0.05, 0.1) is 18.2 Å². The van der Waals surface area contributed by atoms with E-state index in [4.69, 9.17) is 12.2 Å². The zero-order valence-corrected chi connectivity index (χ0v) is 16.0. The predicted octanol–water partition coefficient (Wildman–Crippen LogP) is 3.20. The molecule has 1 fully saturated rings. The fourth-order valence-corrected chi connectivity index (χ4v) is 4.05. The van der Waals surface area contributed by atoms with Crippen LogP contribution in [0.3, 0.4) is 0 Å². The highest BCUT2D eigenvalue weighted by Crippen LogP contribution is 2.39. The number of amides is 1. The van der Waals surface area contributed by atoms with E-state index in [1.165, 1.54) is 0 Å². The maximum absolute atomic E-state index is 13.2. The molecule has 152 valence electrons. The van der Waals surface area contributed by atoms with E-state index in [1.807, 2.05) is 0 Å². The number of thiocarbonyl (C=S) groups is 1. The number of aromatic amines is 1. The van der Waals surface area contributed by atoms with Crippen LogP contribution in [0.5, 0.6) is 0 Å². The molecule has 2 atom stereocenters. The van der Waals surface area contributed by atoms with E-state index in [1.54, 1.807) is 35.6 Å². The lowest BCUT2D eigenvalue weighted by atomic mass is 9.87. The van der Waals surface area contributed by atoms with Gasteiger partial charge in [-0.05, 0) is 59.9 Å². The molecule has 0 bridgehead atoms. The van der Waals surface area contributed by atoms with E-state index in [9.17, 15) is 18.0 Å². The lowest BCUT2D eigenvalue weighted by Gasteiger charge is -2.34. The van der Waals surface area contributed by atoms with Gasteiger partial charge in [-0.3, -0.25) is 15.1 Å². The van der Waals surface area contributed by atoms with Gasteiger partial charge in [0.1, 0.15) is 5.69 Å². The van der Waals surface area contributed by atoms with Crippen molar-refractivity contribution in [1.29, 1.82) is 0 Å². The summed E-state index contributed by atoms with van der Waals surface area (Å²) in [4.78, 5) is 21.0. The maximum Gasteiger partial charge on any atom is 0.391 e. The van der Waals surface area contributed by atoms with Crippen LogP contribution in [0.1, 0.15) is 40.5 Å². The average molecular weight is 421 g/mol. The van der Waals surface area contributed by atoms with Crippen LogP contribution in [0, 0.1) is 5.92 Å². The quantitative estimate of drug-likeness (QED) is 0.664. The molecule has 3 N–H and O–H groups in total. The van der Waals surface area contributed by atoms with Gasteiger partial charge in [0.25, 0.3) is 5.91 Å². The Labute approximate surface area is 170 Å². The van der Waals surface area contributed by atoms with Crippen LogP contribution in [0.15, 0.2) is 36.5 Å². The molecular weight excluding hydrogens is 403 g/mol. The number of H-pyrrole nitrogens is 1. The first-order valence-corrected chi connectivity index (χ1v) is 9.53. The minimum Gasteiger partial charge on any atom is -0.355 e. The molecular formula is C19H18F3N5OS. The van der Waals surface area contributed by atoms with Gasteiger partial charge in [-0.25, -0.2) is 0 Å². The standard InChI is InChI=1S/C19H18F3N5OS/c20-19(21,22)12-2-5-24-14(7-12)13-8-23-4-1-11(13)9-27-15-3-6-25-17(15)18(28)26-16(27)10-29/h1,3-4,6,8,12,14,24-25H,2,5,7,9H2,(H,26,28)/t12-,14+/m0/s1. The van der Waals surface area contributed by atoms with E-state index in [0.717, 1.165) is 5.56 Å². The lowest BCUT2D eigenvalue weighted by Crippen LogP contribution is -2.42. The van der Waals surface area contributed by atoms with Crippen molar-refractivity contribution in [1.82, 2.24) is 20.6 Å². The van der Waals surface area contributed by atoms with Crippen LogP contribution < -0.4 is 15.5 Å². The monoisotopic (exact) mass is 421 g/mol. The Morgan fingerprint density at radius 1 is 1.34 bits per heavy atom. The summed E-state index contributed by atoms with van der Waals surface area (Å²) in [6.07, 6.45) is 0.667. The zero-order chi connectivity index (χ0) is 20.6. The number of rotatable bonds is 3. The summed E-state index contributed by atoms with van der Waals surface area (Å²) in [5.41, 5.74) is 2.53. The number of carbonyl (C=O) groups excluding carboxylic acids is 1. The van der Waals surface area contributed by atoms with Crippen LogP contribution in [-0.2, 0) is 6.54 Å². The van der Waals surface area contributed by atoms with Crippen molar-refractivity contribution in [2.75, 3.05) is 11.4 Å². The Kier molecular flexibility index (Phi) is 5.16. The number of fused-ring (bicyclic) bond motifs is 1. The number of carbonyl (C=O) groups is 1. The third-order valence-corrected chi connectivity index (χ3v) is 5.55. The fourth-order valence-electron chi connectivity index (χ4n) is 3.89. The van der Waals surface area contributed by atoms with Crippen molar-refractivity contribution < 1.29 is 18.0 Å². The molecule has 0 aliphatic carbocycles. The summed E-state index contributed by atoms with van der Waals surface area (Å²) in [7, 11) is 0. The molecule has 4 heterocycles. The Bertz CT molecular complexity index is 982. The van der Waals surface area contributed by atoms with Gasteiger partial charge in [-0.15, -0.1) is 0 Å². The average Bonchev–Trinajstić information content (AvgIpc) is 3.20. The zero-order valence-electron chi connectivity index (χ0n) is 15.2. The van der Waals surface area contributed by atoms with Crippen LogP contribution in [0.2, 0.25) is 0 Å². The highest BCUT2D eigenvalue weighted by Gasteiger charge is 2.42. The summed E-state index contributed by atoms with van der Waals surface area (Å²) in [5.74, 6) is -1.33. The van der Waals surface area contributed by atoms with Crippen molar-refractivity contribution in [3.63, 3.8) is 0 Å². The summed E-state index contributed by atoms with van der Waals surface area (Å²) < 4.78 is 39.7. The van der Waals surface area contributed by atoms with Gasteiger partial charge in [0.15, 0.2) is 5.82 Å². The molecule has 1 amide bonds. The second kappa shape index (κ2) is 7.62. The molecule has 2 aliphatic heterocycles. The number of nitrogens with one attached hydrogen (secondary N) is 3. The largest absolute Gasteiger partial charge is 0.391 e. The number of halogens is 3. The van der Waals surface area contributed by atoms with Crippen LogP contribution in [0.25, 0.3) is 0 Å². The summed E-state index contributed by atoms with van der Waals surface area (Å²) >= 11 is 4.93. The first-order chi connectivity index (χ1) is 13.9. The maximum atomic E-state index is 13.2. The number of nitrogens with zero attached hydrogens (tertiary/aromatic N) is 2. The minimum absolute atomic E-state index is 0.0375. The van der Waals surface area contributed by atoms with Gasteiger partial charge in [-0.2, -0.15) is 13.2 Å². The van der Waals surface area contributed by atoms with Gasteiger partial charge in [0.2, 0.25) is 0 Å². The van der Waals surface area contributed by atoms with Gasteiger partial charge >= 0.3 is 6.18 Å². The molecule has 0 aromatic carbocycles. The van der Waals surface area contributed by atoms with Crippen LogP contribution >= 0.6 is 12.2 Å². The van der Waals surface area contributed by atoms with Gasteiger partial charge in [-0.1, -0.05) is 0 Å². The predicted molar refractivity (Wildman–Crippen MR) is 104 cm³/mol. The van der Waals surface area contributed by atoms with E-state index >= 15 is 0 Å².